The molecule has 0 atom stereocenters. The van der Waals surface area contributed by atoms with Crippen LogP contribution in [0.2, 0.25) is 0 Å². The minimum absolute atomic E-state index is 0.583. The van der Waals surface area contributed by atoms with Crippen molar-refractivity contribution >= 4 is 21.6 Å². The van der Waals surface area contributed by atoms with E-state index in [1.54, 1.807) is 7.11 Å². The largest absolute Gasteiger partial charge is 0.493 e. The van der Waals surface area contributed by atoms with E-state index in [1.807, 2.05) is 56.3 Å². The van der Waals surface area contributed by atoms with E-state index in [1.165, 1.54) is 0 Å². The highest BCUT2D eigenvalue weighted by atomic mass is 79.9. The molecule has 0 amide bonds. The molecule has 0 radical (unpaired) electrons. The number of ether oxygens (including phenoxy) is 3. The Balaban J connectivity index is 1.71. The Morgan fingerprint density at radius 1 is 0.969 bits per heavy atom. The zero-order chi connectivity index (χ0) is 23.3. The minimum Gasteiger partial charge on any atom is -0.493 e. The quantitative estimate of drug-likeness (QED) is 0.127. The van der Waals surface area contributed by atoms with Crippen molar-refractivity contribution < 1.29 is 19.0 Å². The standard InChI is InChI=1S/C26H34BrNO4/c1-6-7-13-30-23-16-19(2)26(20(3)17-23)32-15-10-8-9-14-31-25-12-11-22(18-24(25)27)21(4)28-29-5/h6-7,11-12,16-18H,8-10,13-15H2,1-5H3/b7-6+,28-21?. The second kappa shape index (κ2) is 13.8. The van der Waals surface area contributed by atoms with E-state index < -0.39 is 0 Å². The average Bonchev–Trinajstić information content (AvgIpc) is 2.76. The van der Waals surface area contributed by atoms with Crippen LogP contribution in [0, 0.1) is 13.8 Å². The summed E-state index contributed by atoms with van der Waals surface area (Å²) in [5.41, 5.74) is 4.01. The lowest BCUT2D eigenvalue weighted by Gasteiger charge is -2.14. The third kappa shape index (κ3) is 8.23. The second-order valence-electron chi connectivity index (χ2n) is 7.53. The van der Waals surface area contributed by atoms with Crippen LogP contribution in [0.1, 0.15) is 49.8 Å². The molecule has 0 spiro atoms. The second-order valence-corrected chi connectivity index (χ2v) is 8.38. The van der Waals surface area contributed by atoms with Gasteiger partial charge in [-0.05, 0) is 104 Å². The molecular formula is C26H34BrNO4. The number of benzene rings is 2. The van der Waals surface area contributed by atoms with Crippen molar-refractivity contribution in [1.29, 1.82) is 0 Å². The number of aryl methyl sites for hydroxylation is 2. The molecule has 2 aromatic carbocycles. The number of halogens is 1. The lowest BCUT2D eigenvalue weighted by Crippen LogP contribution is -2.04. The lowest BCUT2D eigenvalue weighted by molar-refractivity contribution is 0.213. The predicted octanol–water partition coefficient (Wildman–Crippen LogP) is 7.02. The van der Waals surface area contributed by atoms with Gasteiger partial charge in [0.25, 0.3) is 0 Å². The van der Waals surface area contributed by atoms with Gasteiger partial charge in [-0.2, -0.15) is 0 Å². The summed E-state index contributed by atoms with van der Waals surface area (Å²) >= 11 is 3.57. The molecule has 0 unspecified atom stereocenters. The molecule has 0 aliphatic rings. The van der Waals surface area contributed by atoms with Crippen LogP contribution in [0.25, 0.3) is 0 Å². The summed E-state index contributed by atoms with van der Waals surface area (Å²) in [6.45, 7) is 9.95. The van der Waals surface area contributed by atoms with Crippen molar-refractivity contribution in [2.24, 2.45) is 5.16 Å². The first-order valence-electron chi connectivity index (χ1n) is 10.9. The van der Waals surface area contributed by atoms with Crippen LogP contribution in [0.5, 0.6) is 17.2 Å². The monoisotopic (exact) mass is 503 g/mol. The third-order valence-corrected chi connectivity index (χ3v) is 5.51. The smallest absolute Gasteiger partial charge is 0.133 e. The number of rotatable bonds is 13. The van der Waals surface area contributed by atoms with Gasteiger partial charge in [0.05, 0.1) is 23.4 Å². The Kier molecular flexibility index (Phi) is 11.2. The van der Waals surface area contributed by atoms with E-state index in [0.717, 1.165) is 63.4 Å². The molecule has 2 aromatic rings. The third-order valence-electron chi connectivity index (χ3n) is 4.89. The molecule has 0 aliphatic heterocycles. The van der Waals surface area contributed by atoms with Gasteiger partial charge in [-0.15, -0.1) is 0 Å². The maximum Gasteiger partial charge on any atom is 0.133 e. The van der Waals surface area contributed by atoms with Crippen molar-refractivity contribution in [2.75, 3.05) is 26.9 Å². The molecule has 0 bridgehead atoms. The van der Waals surface area contributed by atoms with Gasteiger partial charge in [0, 0.05) is 5.56 Å². The molecule has 0 saturated carbocycles. The van der Waals surface area contributed by atoms with E-state index in [9.17, 15) is 0 Å². The molecule has 6 heteroatoms. The van der Waals surface area contributed by atoms with Crippen molar-refractivity contribution in [3.8, 4) is 17.2 Å². The molecule has 0 aromatic heterocycles. The Labute approximate surface area is 200 Å². The van der Waals surface area contributed by atoms with Crippen LogP contribution in [0.4, 0.5) is 0 Å². The van der Waals surface area contributed by atoms with Gasteiger partial charge in [-0.25, -0.2) is 0 Å². The number of hydrogen-bond acceptors (Lipinski definition) is 5. The summed E-state index contributed by atoms with van der Waals surface area (Å²) in [6, 6.07) is 9.99. The highest BCUT2D eigenvalue weighted by molar-refractivity contribution is 9.10. The van der Waals surface area contributed by atoms with E-state index >= 15 is 0 Å². The van der Waals surface area contributed by atoms with E-state index in [4.69, 9.17) is 19.0 Å². The molecule has 32 heavy (non-hydrogen) atoms. The van der Waals surface area contributed by atoms with Crippen molar-refractivity contribution in [1.82, 2.24) is 0 Å². The van der Waals surface area contributed by atoms with Crippen molar-refractivity contribution in [3.05, 3.63) is 63.6 Å². The number of unbranched alkanes of at least 4 members (excludes halogenated alkanes) is 2. The first-order chi connectivity index (χ1) is 15.5. The fourth-order valence-electron chi connectivity index (χ4n) is 3.23. The van der Waals surface area contributed by atoms with Crippen LogP contribution in [0.3, 0.4) is 0 Å². The van der Waals surface area contributed by atoms with Crippen LogP contribution in [0.15, 0.2) is 52.1 Å². The summed E-state index contributed by atoms with van der Waals surface area (Å²) in [5.74, 6) is 2.66. The zero-order valence-electron chi connectivity index (χ0n) is 19.7. The first kappa shape index (κ1) is 25.8. The molecule has 2 rings (SSSR count). The number of hydrogen-bond donors (Lipinski definition) is 0. The van der Waals surface area contributed by atoms with Gasteiger partial charge in [-0.3, -0.25) is 0 Å². The molecule has 5 nitrogen and oxygen atoms in total. The maximum absolute atomic E-state index is 6.05. The maximum atomic E-state index is 6.05. The number of oxime groups is 1. The zero-order valence-corrected chi connectivity index (χ0v) is 21.3. The SMILES string of the molecule is C/C=C/COc1cc(C)c(OCCCCCOc2ccc(C(C)=NOC)cc2Br)c(C)c1. The van der Waals surface area contributed by atoms with Crippen LogP contribution < -0.4 is 14.2 Å². The van der Waals surface area contributed by atoms with Gasteiger partial charge in [0.2, 0.25) is 0 Å². The Morgan fingerprint density at radius 3 is 2.28 bits per heavy atom. The molecule has 0 N–H and O–H groups in total. The Bertz CT molecular complexity index is 901. The van der Waals surface area contributed by atoms with Gasteiger partial charge >= 0.3 is 0 Å². The predicted molar refractivity (Wildman–Crippen MR) is 134 cm³/mol. The summed E-state index contributed by atoms with van der Waals surface area (Å²) in [6.07, 6.45) is 6.96. The topological polar surface area (TPSA) is 49.3 Å². The molecule has 0 fully saturated rings. The van der Waals surface area contributed by atoms with Crippen molar-refractivity contribution in [3.63, 3.8) is 0 Å². The van der Waals surface area contributed by atoms with E-state index in [0.29, 0.717) is 19.8 Å². The average molecular weight is 504 g/mol. The van der Waals surface area contributed by atoms with Gasteiger partial charge < -0.3 is 19.0 Å². The number of allylic oxidation sites excluding steroid dienone is 1. The van der Waals surface area contributed by atoms with Gasteiger partial charge in [0.1, 0.15) is 31.0 Å². The van der Waals surface area contributed by atoms with Gasteiger partial charge in [-0.1, -0.05) is 17.3 Å². The van der Waals surface area contributed by atoms with Crippen LogP contribution >= 0.6 is 15.9 Å². The Morgan fingerprint density at radius 2 is 1.66 bits per heavy atom. The van der Waals surface area contributed by atoms with E-state index in [-0.39, 0.29) is 0 Å². The lowest BCUT2D eigenvalue weighted by atomic mass is 10.1. The first-order valence-corrected chi connectivity index (χ1v) is 11.7. The normalized spacial score (nSPS) is 11.6. The van der Waals surface area contributed by atoms with Crippen LogP contribution in [-0.4, -0.2) is 32.6 Å². The molecule has 0 saturated heterocycles. The highest BCUT2D eigenvalue weighted by Crippen LogP contribution is 2.29. The molecule has 0 heterocycles. The fourth-order valence-corrected chi connectivity index (χ4v) is 3.73. The fraction of sp³-hybridized carbons (Fsp3) is 0.423. The minimum atomic E-state index is 0.583. The summed E-state index contributed by atoms with van der Waals surface area (Å²) in [4.78, 5) is 4.83. The number of nitrogens with zero attached hydrogens (tertiary/aromatic N) is 1. The Hall–Kier alpha value is -2.47. The van der Waals surface area contributed by atoms with Crippen molar-refractivity contribution in [2.45, 2.75) is 47.0 Å². The summed E-state index contributed by atoms with van der Waals surface area (Å²) in [7, 11) is 1.54. The van der Waals surface area contributed by atoms with E-state index in [2.05, 4.69) is 34.9 Å². The van der Waals surface area contributed by atoms with Crippen LogP contribution in [-0.2, 0) is 4.84 Å². The summed E-state index contributed by atoms with van der Waals surface area (Å²) < 4.78 is 18.6. The molecular weight excluding hydrogens is 470 g/mol. The molecule has 0 aliphatic carbocycles. The van der Waals surface area contributed by atoms with Gasteiger partial charge in [0.15, 0.2) is 0 Å². The highest BCUT2D eigenvalue weighted by Gasteiger charge is 2.08. The molecule has 174 valence electrons. The summed E-state index contributed by atoms with van der Waals surface area (Å²) in [5, 5.41) is 3.96.